The number of carbonyl (C=O) groups is 2. The predicted octanol–water partition coefficient (Wildman–Crippen LogP) is 3.12. The predicted molar refractivity (Wildman–Crippen MR) is 118 cm³/mol. The van der Waals surface area contributed by atoms with E-state index in [9.17, 15) is 22.4 Å². The molecule has 4 rings (SSSR count). The van der Waals surface area contributed by atoms with Crippen molar-refractivity contribution >= 4 is 38.2 Å². The molecule has 1 aromatic heterocycles. The van der Waals surface area contributed by atoms with Gasteiger partial charge in [0.15, 0.2) is 9.84 Å². The van der Waals surface area contributed by atoms with Gasteiger partial charge < -0.3 is 10.2 Å². The molecule has 32 heavy (non-hydrogen) atoms. The Morgan fingerprint density at radius 3 is 2.41 bits per heavy atom. The second-order valence-corrected chi connectivity index (χ2v) is 9.89. The standard InChI is InChI=1S/C23H22FN3O4S/c1-32(30,31)18-5-3-17(4-6-18)26-22(28)23(29)27-12-9-15(10-13-27)19-8-11-25-21-7-2-16(24)14-20(19)21/h2-8,11,14-15H,9-10,12-13H2,1H3,(H,26,28). The molecule has 3 aromatic rings. The third-order valence-electron chi connectivity index (χ3n) is 5.69. The number of nitrogens with zero attached hydrogens (tertiary/aromatic N) is 2. The summed E-state index contributed by atoms with van der Waals surface area (Å²) in [7, 11) is -3.34. The highest BCUT2D eigenvalue weighted by Crippen LogP contribution is 2.32. The van der Waals surface area contributed by atoms with Gasteiger partial charge in [0.25, 0.3) is 0 Å². The van der Waals surface area contributed by atoms with Gasteiger partial charge in [-0.2, -0.15) is 0 Å². The summed E-state index contributed by atoms with van der Waals surface area (Å²) < 4.78 is 36.8. The van der Waals surface area contributed by atoms with Gasteiger partial charge in [-0.25, -0.2) is 12.8 Å². The SMILES string of the molecule is CS(=O)(=O)c1ccc(NC(=O)C(=O)N2CCC(c3ccnc4ccc(F)cc34)CC2)cc1. The molecule has 2 amide bonds. The average Bonchev–Trinajstić information content (AvgIpc) is 2.78. The summed E-state index contributed by atoms with van der Waals surface area (Å²) in [6, 6.07) is 12.1. The fraction of sp³-hybridized carbons (Fsp3) is 0.261. The van der Waals surface area contributed by atoms with E-state index in [-0.39, 0.29) is 16.6 Å². The fourth-order valence-electron chi connectivity index (χ4n) is 4.00. The maximum absolute atomic E-state index is 13.7. The van der Waals surface area contributed by atoms with E-state index in [1.165, 1.54) is 41.3 Å². The normalized spacial score (nSPS) is 15.0. The Kier molecular flexibility index (Phi) is 5.92. The van der Waals surface area contributed by atoms with E-state index in [0.29, 0.717) is 31.6 Å². The Balaban J connectivity index is 1.39. The van der Waals surface area contributed by atoms with E-state index >= 15 is 0 Å². The number of nitrogens with one attached hydrogen (secondary N) is 1. The molecule has 9 heteroatoms. The molecule has 0 bridgehead atoms. The van der Waals surface area contributed by atoms with Crippen LogP contribution in [0, 0.1) is 5.82 Å². The van der Waals surface area contributed by atoms with E-state index < -0.39 is 21.7 Å². The molecule has 0 aliphatic carbocycles. The van der Waals surface area contributed by atoms with Crippen molar-refractivity contribution in [3.05, 3.63) is 66.1 Å². The summed E-state index contributed by atoms with van der Waals surface area (Å²) in [4.78, 5) is 30.9. The Morgan fingerprint density at radius 1 is 1.06 bits per heavy atom. The minimum atomic E-state index is -3.34. The van der Waals surface area contributed by atoms with E-state index in [2.05, 4.69) is 10.3 Å². The number of amides is 2. The third-order valence-corrected chi connectivity index (χ3v) is 6.82. The van der Waals surface area contributed by atoms with Gasteiger partial charge in [0.05, 0.1) is 10.4 Å². The minimum Gasteiger partial charge on any atom is -0.334 e. The van der Waals surface area contributed by atoms with Gasteiger partial charge >= 0.3 is 11.8 Å². The molecular weight excluding hydrogens is 433 g/mol. The van der Waals surface area contributed by atoms with E-state index in [0.717, 1.165) is 22.7 Å². The Hall–Kier alpha value is -3.33. The first kappa shape index (κ1) is 21.9. The number of benzene rings is 2. The van der Waals surface area contributed by atoms with Crippen molar-refractivity contribution in [2.45, 2.75) is 23.7 Å². The first-order valence-corrected chi connectivity index (χ1v) is 12.1. The van der Waals surface area contributed by atoms with Crippen molar-refractivity contribution in [1.29, 1.82) is 0 Å². The van der Waals surface area contributed by atoms with Crippen LogP contribution < -0.4 is 5.32 Å². The second kappa shape index (κ2) is 8.66. The zero-order valence-electron chi connectivity index (χ0n) is 17.4. The Labute approximate surface area is 185 Å². The third kappa shape index (κ3) is 4.62. The minimum absolute atomic E-state index is 0.132. The van der Waals surface area contributed by atoms with Crippen LogP contribution in [0.25, 0.3) is 10.9 Å². The lowest BCUT2D eigenvalue weighted by Gasteiger charge is -2.32. The van der Waals surface area contributed by atoms with Gasteiger partial charge in [-0.05, 0) is 72.9 Å². The van der Waals surface area contributed by atoms with Crippen LogP contribution in [-0.2, 0) is 19.4 Å². The molecule has 7 nitrogen and oxygen atoms in total. The molecule has 0 unspecified atom stereocenters. The molecule has 0 spiro atoms. The number of sulfone groups is 1. The molecule has 1 aliphatic heterocycles. The van der Waals surface area contributed by atoms with Gasteiger partial charge in [0, 0.05) is 36.6 Å². The molecule has 1 N–H and O–H groups in total. The molecule has 0 atom stereocenters. The number of hydrogen-bond donors (Lipinski definition) is 1. The highest BCUT2D eigenvalue weighted by atomic mass is 32.2. The topological polar surface area (TPSA) is 96.4 Å². The van der Waals surface area contributed by atoms with Gasteiger partial charge in [-0.3, -0.25) is 14.6 Å². The summed E-state index contributed by atoms with van der Waals surface area (Å²) in [6.45, 7) is 0.812. The number of aromatic nitrogens is 1. The molecule has 0 radical (unpaired) electrons. The monoisotopic (exact) mass is 455 g/mol. The van der Waals surface area contributed by atoms with Crippen molar-refractivity contribution in [2.24, 2.45) is 0 Å². The molecule has 166 valence electrons. The number of piperidine rings is 1. The molecule has 1 saturated heterocycles. The zero-order valence-corrected chi connectivity index (χ0v) is 18.2. The number of carbonyl (C=O) groups excluding carboxylic acids is 2. The van der Waals surface area contributed by atoms with Crippen LogP contribution in [0.15, 0.2) is 59.6 Å². The van der Waals surface area contributed by atoms with Gasteiger partial charge in [-0.15, -0.1) is 0 Å². The summed E-state index contributed by atoms with van der Waals surface area (Å²) >= 11 is 0. The number of pyridine rings is 1. The van der Waals surface area contributed by atoms with Crippen LogP contribution in [-0.4, -0.2) is 49.5 Å². The zero-order chi connectivity index (χ0) is 22.9. The van der Waals surface area contributed by atoms with Crippen LogP contribution in [0.5, 0.6) is 0 Å². The second-order valence-electron chi connectivity index (χ2n) is 7.88. The summed E-state index contributed by atoms with van der Waals surface area (Å²) in [5.41, 5.74) is 2.07. The first-order chi connectivity index (χ1) is 15.2. The average molecular weight is 456 g/mol. The maximum Gasteiger partial charge on any atom is 0.313 e. The van der Waals surface area contributed by atoms with Crippen molar-refractivity contribution in [2.75, 3.05) is 24.7 Å². The number of rotatable bonds is 3. The lowest BCUT2D eigenvalue weighted by molar-refractivity contribution is -0.143. The van der Waals surface area contributed by atoms with Crippen LogP contribution in [0.2, 0.25) is 0 Å². The Bertz CT molecular complexity index is 1280. The van der Waals surface area contributed by atoms with E-state index in [1.807, 2.05) is 6.07 Å². The highest BCUT2D eigenvalue weighted by Gasteiger charge is 2.28. The molecular formula is C23H22FN3O4S. The molecule has 0 saturated carbocycles. The quantitative estimate of drug-likeness (QED) is 0.612. The van der Waals surface area contributed by atoms with Crippen LogP contribution in [0.4, 0.5) is 10.1 Å². The first-order valence-electron chi connectivity index (χ1n) is 10.2. The maximum atomic E-state index is 13.7. The molecule has 1 fully saturated rings. The van der Waals surface area contributed by atoms with Crippen molar-refractivity contribution in [3.8, 4) is 0 Å². The van der Waals surface area contributed by atoms with Crippen molar-refractivity contribution in [3.63, 3.8) is 0 Å². The highest BCUT2D eigenvalue weighted by molar-refractivity contribution is 7.90. The Morgan fingerprint density at radius 2 is 1.75 bits per heavy atom. The van der Waals surface area contributed by atoms with Gasteiger partial charge in [0.1, 0.15) is 5.82 Å². The lowest BCUT2D eigenvalue weighted by atomic mass is 9.87. The van der Waals surface area contributed by atoms with Gasteiger partial charge in [0.2, 0.25) is 0 Å². The smallest absolute Gasteiger partial charge is 0.313 e. The number of likely N-dealkylation sites (tertiary alicyclic amines) is 1. The van der Waals surface area contributed by atoms with Crippen molar-refractivity contribution in [1.82, 2.24) is 9.88 Å². The van der Waals surface area contributed by atoms with Gasteiger partial charge in [-0.1, -0.05) is 0 Å². The fourth-order valence-corrected chi connectivity index (χ4v) is 4.63. The lowest BCUT2D eigenvalue weighted by Crippen LogP contribution is -2.43. The molecule has 2 aromatic carbocycles. The van der Waals surface area contributed by atoms with Crippen LogP contribution in [0.1, 0.15) is 24.3 Å². The van der Waals surface area contributed by atoms with Crippen LogP contribution >= 0.6 is 0 Å². The number of hydrogen-bond acceptors (Lipinski definition) is 5. The van der Waals surface area contributed by atoms with E-state index in [1.54, 1.807) is 12.3 Å². The molecule has 2 heterocycles. The number of fused-ring (bicyclic) bond motifs is 1. The summed E-state index contributed by atoms with van der Waals surface area (Å²) in [5.74, 6) is -1.59. The summed E-state index contributed by atoms with van der Waals surface area (Å²) in [5, 5.41) is 3.29. The van der Waals surface area contributed by atoms with Crippen LogP contribution in [0.3, 0.4) is 0 Å². The number of anilines is 1. The van der Waals surface area contributed by atoms with Crippen molar-refractivity contribution < 1.29 is 22.4 Å². The molecule has 1 aliphatic rings. The number of halogens is 1. The van der Waals surface area contributed by atoms with E-state index in [4.69, 9.17) is 0 Å². The summed E-state index contributed by atoms with van der Waals surface area (Å²) in [6.07, 6.45) is 4.10. The largest absolute Gasteiger partial charge is 0.334 e.